The Kier molecular flexibility index (Phi) is 11.5. The molecular formula is C18H35O19P3. The minimum atomic E-state index is -4.95. The van der Waals surface area contributed by atoms with E-state index in [2.05, 4.69) is 4.52 Å². The van der Waals surface area contributed by atoms with E-state index in [1.165, 1.54) is 20.8 Å². The molecule has 0 spiro atoms. The Morgan fingerprint density at radius 1 is 0.550 bits per heavy atom. The molecule has 0 bridgehead atoms. The molecule has 0 amide bonds. The summed E-state index contributed by atoms with van der Waals surface area (Å²) in [4.78, 5) is 37.8. The molecule has 0 aliphatic carbocycles. The zero-order chi connectivity index (χ0) is 30.2. The van der Waals surface area contributed by atoms with Gasteiger partial charge in [0.2, 0.25) is 0 Å². The lowest BCUT2D eigenvalue weighted by molar-refractivity contribution is -0.0312. The second-order valence-electron chi connectivity index (χ2n) is 9.56. The van der Waals surface area contributed by atoms with Crippen molar-refractivity contribution in [1.29, 1.82) is 0 Å². The Morgan fingerprint density at radius 2 is 0.900 bits per heavy atom. The number of ether oxygens (including phenoxy) is 3. The standard InChI is InChI=1S/C18H35O19P3/c1-7-13(19)14(20)10(33-7)5-31-39(26,27)37-18-9(3)35-12(16(18)22)6-32-40(28,29)36-17-8(2)34-11(15(17)21)4-30-38(23,24)25/h7-22H,4-6H2,1-3H3,(H,26,27)(H,28,29)(H2,23,24,25)/t7-,8-,9-,10+,11+,12+,13?,14?,15?,16?,17?,18?/m0/s1. The molecule has 0 aromatic heterocycles. The molecule has 3 rings (SSSR count). The van der Waals surface area contributed by atoms with E-state index in [1.54, 1.807) is 0 Å². The van der Waals surface area contributed by atoms with E-state index in [-0.39, 0.29) is 0 Å². The summed E-state index contributed by atoms with van der Waals surface area (Å²) in [5.74, 6) is 0. The van der Waals surface area contributed by atoms with Crippen LogP contribution in [0.3, 0.4) is 0 Å². The molecule has 14 atom stereocenters. The maximum absolute atomic E-state index is 12.5. The van der Waals surface area contributed by atoms with Crippen LogP contribution < -0.4 is 0 Å². The van der Waals surface area contributed by atoms with Crippen LogP contribution in [0, 0.1) is 0 Å². The highest BCUT2D eigenvalue weighted by Crippen LogP contribution is 2.50. The van der Waals surface area contributed by atoms with E-state index in [0.717, 1.165) is 0 Å². The second-order valence-corrected chi connectivity index (χ2v) is 13.6. The van der Waals surface area contributed by atoms with Gasteiger partial charge in [-0.3, -0.25) is 22.6 Å². The highest BCUT2D eigenvalue weighted by Gasteiger charge is 2.50. The highest BCUT2D eigenvalue weighted by atomic mass is 31.2. The van der Waals surface area contributed by atoms with Crippen LogP contribution in [-0.4, -0.2) is 133 Å². The summed E-state index contributed by atoms with van der Waals surface area (Å²) in [6, 6.07) is 0. The van der Waals surface area contributed by atoms with Gasteiger partial charge in [0, 0.05) is 0 Å². The Morgan fingerprint density at radius 3 is 1.25 bits per heavy atom. The summed E-state index contributed by atoms with van der Waals surface area (Å²) in [5, 5.41) is 40.4. The first kappa shape index (κ1) is 34.5. The van der Waals surface area contributed by atoms with E-state index in [1.807, 2.05) is 0 Å². The average molecular weight is 648 g/mol. The van der Waals surface area contributed by atoms with Gasteiger partial charge in [-0.05, 0) is 20.8 Å². The molecule has 3 aliphatic rings. The van der Waals surface area contributed by atoms with Crippen molar-refractivity contribution in [1.82, 2.24) is 0 Å². The van der Waals surface area contributed by atoms with Gasteiger partial charge in [0.1, 0.15) is 54.9 Å². The number of phosphoric ester groups is 3. The highest BCUT2D eigenvalue weighted by molar-refractivity contribution is 7.47. The fraction of sp³-hybridized carbons (Fsp3) is 1.00. The summed E-state index contributed by atoms with van der Waals surface area (Å²) >= 11 is 0. The van der Waals surface area contributed by atoms with Gasteiger partial charge < -0.3 is 54.2 Å². The fourth-order valence-corrected chi connectivity index (χ4v) is 6.71. The summed E-state index contributed by atoms with van der Waals surface area (Å²) in [5.41, 5.74) is 0. The fourth-order valence-electron chi connectivity index (χ4n) is 4.36. The van der Waals surface area contributed by atoms with Crippen molar-refractivity contribution in [3.63, 3.8) is 0 Å². The lowest BCUT2D eigenvalue weighted by atomic mass is 10.1. The number of aliphatic hydroxyl groups is 4. The van der Waals surface area contributed by atoms with Gasteiger partial charge in [-0.25, -0.2) is 13.7 Å². The van der Waals surface area contributed by atoms with Crippen molar-refractivity contribution in [2.75, 3.05) is 19.8 Å². The number of hydrogen-bond donors (Lipinski definition) is 8. The zero-order valence-corrected chi connectivity index (χ0v) is 24.1. The Balaban J connectivity index is 1.49. The minimum absolute atomic E-state index is 0.618. The third-order valence-electron chi connectivity index (χ3n) is 6.46. The van der Waals surface area contributed by atoms with Crippen LogP contribution >= 0.6 is 23.5 Å². The molecule has 0 radical (unpaired) electrons. The first-order chi connectivity index (χ1) is 18.3. The van der Waals surface area contributed by atoms with Crippen molar-refractivity contribution in [3.05, 3.63) is 0 Å². The van der Waals surface area contributed by atoms with Crippen LogP contribution in [0.2, 0.25) is 0 Å². The molecule has 0 saturated carbocycles. The van der Waals surface area contributed by atoms with Crippen LogP contribution in [0.15, 0.2) is 0 Å². The molecule has 19 nitrogen and oxygen atoms in total. The van der Waals surface area contributed by atoms with Crippen molar-refractivity contribution < 1.29 is 90.5 Å². The van der Waals surface area contributed by atoms with E-state index in [0.29, 0.717) is 0 Å². The SMILES string of the molecule is C[C@@H]1O[C@H](COP(=O)(O)OC2C(O)[C@@H](COP(=O)(O)OC3C(O)[C@@H](COP(=O)(O)O)O[C@H]3C)O[C@H]2C)C(O)C1O. The van der Waals surface area contributed by atoms with Gasteiger partial charge in [-0.1, -0.05) is 0 Å². The maximum atomic E-state index is 12.5. The van der Waals surface area contributed by atoms with Gasteiger partial charge in [-0.2, -0.15) is 0 Å². The Labute approximate surface area is 228 Å². The molecule has 8 unspecified atom stereocenters. The summed E-state index contributed by atoms with van der Waals surface area (Å²) in [6.07, 6.45) is -15.3. The van der Waals surface area contributed by atoms with Gasteiger partial charge in [0.25, 0.3) is 0 Å². The number of rotatable bonds is 13. The molecule has 3 saturated heterocycles. The first-order valence-electron chi connectivity index (χ1n) is 12.0. The topological polar surface area (TPSA) is 287 Å². The average Bonchev–Trinajstić information content (AvgIpc) is 3.36. The molecule has 3 fully saturated rings. The number of phosphoric acid groups is 3. The normalized spacial score (nSPS) is 43.6. The van der Waals surface area contributed by atoms with E-state index in [4.69, 9.17) is 42.1 Å². The third kappa shape index (κ3) is 9.03. The van der Waals surface area contributed by atoms with Crippen LogP contribution in [0.1, 0.15) is 20.8 Å². The smallest absolute Gasteiger partial charge is 0.388 e. The molecule has 0 aromatic rings. The van der Waals surface area contributed by atoms with Crippen molar-refractivity contribution in [2.24, 2.45) is 0 Å². The zero-order valence-electron chi connectivity index (χ0n) is 21.5. The third-order valence-corrected chi connectivity index (χ3v) is 8.92. The van der Waals surface area contributed by atoms with Crippen LogP contribution in [-0.2, 0) is 50.5 Å². The van der Waals surface area contributed by atoms with Crippen molar-refractivity contribution >= 4 is 23.5 Å². The minimum Gasteiger partial charge on any atom is -0.388 e. The molecule has 3 heterocycles. The van der Waals surface area contributed by atoms with Gasteiger partial charge in [0.05, 0.1) is 38.1 Å². The van der Waals surface area contributed by atoms with E-state index >= 15 is 0 Å². The van der Waals surface area contributed by atoms with E-state index in [9.17, 15) is 43.9 Å². The first-order valence-corrected chi connectivity index (χ1v) is 16.5. The van der Waals surface area contributed by atoms with Gasteiger partial charge >= 0.3 is 23.5 Å². The number of aliphatic hydroxyl groups excluding tert-OH is 4. The Bertz CT molecular complexity index is 993. The van der Waals surface area contributed by atoms with Crippen molar-refractivity contribution in [2.45, 2.75) is 94.0 Å². The molecule has 236 valence electrons. The van der Waals surface area contributed by atoms with Gasteiger partial charge in [-0.15, -0.1) is 0 Å². The molecule has 3 aliphatic heterocycles. The van der Waals surface area contributed by atoms with Gasteiger partial charge in [0.15, 0.2) is 0 Å². The molecule has 40 heavy (non-hydrogen) atoms. The van der Waals surface area contributed by atoms with Crippen LogP contribution in [0.4, 0.5) is 0 Å². The second kappa shape index (κ2) is 13.4. The Hall–Kier alpha value is 0.0500. The quantitative estimate of drug-likeness (QED) is 0.0993. The molecule has 0 aromatic carbocycles. The summed E-state index contributed by atoms with van der Waals surface area (Å²) in [7, 11) is -14.7. The van der Waals surface area contributed by atoms with Crippen LogP contribution in [0.25, 0.3) is 0 Å². The van der Waals surface area contributed by atoms with E-state index < -0.39 is 117 Å². The molecule has 8 N–H and O–H groups in total. The molecule has 22 heteroatoms. The summed E-state index contributed by atoms with van der Waals surface area (Å²) < 4.78 is 75.6. The predicted molar refractivity (Wildman–Crippen MR) is 126 cm³/mol. The van der Waals surface area contributed by atoms with Crippen LogP contribution in [0.5, 0.6) is 0 Å². The molecular weight excluding hydrogens is 613 g/mol. The maximum Gasteiger partial charge on any atom is 0.472 e. The van der Waals surface area contributed by atoms with Crippen molar-refractivity contribution in [3.8, 4) is 0 Å². The largest absolute Gasteiger partial charge is 0.472 e. The number of hydrogen-bond acceptors (Lipinski definition) is 15. The summed E-state index contributed by atoms with van der Waals surface area (Å²) in [6.45, 7) is 2.10. The lowest BCUT2D eigenvalue weighted by Crippen LogP contribution is -2.37. The lowest BCUT2D eigenvalue weighted by Gasteiger charge is -2.24. The monoisotopic (exact) mass is 648 g/mol. The predicted octanol–water partition coefficient (Wildman–Crippen LogP) is -2.09.